The van der Waals surface area contributed by atoms with Gasteiger partial charge in [0.05, 0.1) is 17.3 Å². The van der Waals surface area contributed by atoms with Gasteiger partial charge < -0.3 is 10.5 Å². The van der Waals surface area contributed by atoms with E-state index in [1.165, 1.54) is 19.3 Å². The van der Waals surface area contributed by atoms with Gasteiger partial charge in [-0.2, -0.15) is 5.26 Å². The van der Waals surface area contributed by atoms with Gasteiger partial charge in [0.1, 0.15) is 23.2 Å². The molecular formula is C25H25Cl2N3O. The number of halogens is 2. The fourth-order valence-electron chi connectivity index (χ4n) is 3.55. The summed E-state index contributed by atoms with van der Waals surface area (Å²) >= 11 is 12.5. The minimum atomic E-state index is 0.167. The van der Waals surface area contributed by atoms with Gasteiger partial charge in [0.2, 0.25) is 0 Å². The first-order valence-electron chi connectivity index (χ1n) is 10.3. The van der Waals surface area contributed by atoms with Crippen LogP contribution in [-0.4, -0.2) is 11.6 Å². The van der Waals surface area contributed by atoms with E-state index in [0.717, 1.165) is 28.9 Å². The lowest BCUT2D eigenvalue weighted by Gasteiger charge is -2.16. The molecule has 3 rings (SSSR count). The quantitative estimate of drug-likeness (QED) is 0.359. The number of benzene rings is 2. The van der Waals surface area contributed by atoms with E-state index in [0.29, 0.717) is 33.5 Å². The van der Waals surface area contributed by atoms with Gasteiger partial charge in [-0.25, -0.2) is 4.98 Å². The maximum Gasteiger partial charge on any atom is 0.142 e. The molecule has 4 nitrogen and oxygen atoms in total. The Hall–Kier alpha value is -2.74. The summed E-state index contributed by atoms with van der Waals surface area (Å²) in [5.41, 5.74) is 10.3. The number of hydrogen-bond acceptors (Lipinski definition) is 4. The van der Waals surface area contributed by atoms with Crippen LogP contribution in [0.25, 0.3) is 22.4 Å². The van der Waals surface area contributed by atoms with E-state index in [1.54, 1.807) is 12.1 Å². The Morgan fingerprint density at radius 1 is 1.06 bits per heavy atom. The van der Waals surface area contributed by atoms with Crippen LogP contribution >= 0.6 is 23.2 Å². The molecule has 0 aliphatic heterocycles. The molecule has 0 fully saturated rings. The molecule has 0 atom stereocenters. The largest absolute Gasteiger partial charge is 0.494 e. The highest BCUT2D eigenvalue weighted by atomic mass is 35.5. The molecule has 0 radical (unpaired) electrons. The third-order valence-electron chi connectivity index (χ3n) is 5.18. The third kappa shape index (κ3) is 5.31. The van der Waals surface area contributed by atoms with Gasteiger partial charge in [-0.15, -0.1) is 0 Å². The van der Waals surface area contributed by atoms with Gasteiger partial charge in [0, 0.05) is 16.1 Å². The zero-order chi connectivity index (χ0) is 22.4. The lowest BCUT2D eigenvalue weighted by atomic mass is 9.93. The van der Waals surface area contributed by atoms with Crippen molar-refractivity contribution in [1.29, 1.82) is 5.26 Å². The van der Waals surface area contributed by atoms with Gasteiger partial charge in [-0.05, 0) is 54.8 Å². The topological polar surface area (TPSA) is 71.9 Å². The lowest BCUT2D eigenvalue weighted by Crippen LogP contribution is -2.03. The highest BCUT2D eigenvalue weighted by molar-refractivity contribution is 6.36. The Bertz CT molecular complexity index is 1110. The number of hydrogen-bond donors (Lipinski definition) is 1. The Balaban J connectivity index is 1.97. The molecule has 2 N–H and O–H groups in total. The van der Waals surface area contributed by atoms with Crippen molar-refractivity contribution < 1.29 is 4.74 Å². The molecule has 31 heavy (non-hydrogen) atoms. The number of nitrogens with two attached hydrogens (primary N) is 1. The molecule has 0 saturated heterocycles. The van der Waals surface area contributed by atoms with Crippen LogP contribution < -0.4 is 10.5 Å². The van der Waals surface area contributed by atoms with E-state index >= 15 is 0 Å². The van der Waals surface area contributed by atoms with Crippen LogP contribution in [0.2, 0.25) is 10.0 Å². The van der Waals surface area contributed by atoms with Crippen molar-refractivity contribution in [3.63, 3.8) is 0 Å². The Morgan fingerprint density at radius 3 is 2.45 bits per heavy atom. The first-order chi connectivity index (χ1) is 15.0. The minimum absolute atomic E-state index is 0.167. The fourth-order valence-corrected chi connectivity index (χ4v) is 4.05. The van der Waals surface area contributed by atoms with Gasteiger partial charge in [0.15, 0.2) is 0 Å². The van der Waals surface area contributed by atoms with E-state index < -0.39 is 0 Å². The van der Waals surface area contributed by atoms with Crippen LogP contribution in [0.3, 0.4) is 0 Å². The zero-order valence-electron chi connectivity index (χ0n) is 17.7. The normalized spacial score (nSPS) is 10.7. The molecule has 0 saturated carbocycles. The lowest BCUT2D eigenvalue weighted by molar-refractivity contribution is 0.305. The van der Waals surface area contributed by atoms with Gasteiger partial charge in [-0.1, -0.05) is 61.5 Å². The zero-order valence-corrected chi connectivity index (χ0v) is 19.2. The summed E-state index contributed by atoms with van der Waals surface area (Å²) in [5, 5.41) is 10.8. The van der Waals surface area contributed by atoms with Crippen molar-refractivity contribution in [1.82, 2.24) is 4.98 Å². The number of nitrogen functional groups attached to an aromatic ring is 1. The van der Waals surface area contributed by atoms with E-state index in [-0.39, 0.29) is 5.82 Å². The second-order valence-corrected chi connectivity index (χ2v) is 8.23. The van der Waals surface area contributed by atoms with Crippen molar-refractivity contribution in [2.24, 2.45) is 0 Å². The minimum Gasteiger partial charge on any atom is -0.494 e. The second kappa shape index (κ2) is 10.5. The standard InChI is InChI=1S/C25H25Cl2N3O/c1-3-4-5-6-13-31-19-10-7-17(8-11-19)23-16(2)24(30-25(29)21(23)15-28)20-12-9-18(26)14-22(20)27/h7-12,14H,3-6,13H2,1-2H3,(H2,29,30). The van der Waals surface area contributed by atoms with E-state index in [2.05, 4.69) is 18.0 Å². The van der Waals surface area contributed by atoms with Crippen LogP contribution in [0, 0.1) is 18.3 Å². The molecule has 0 bridgehead atoms. The summed E-state index contributed by atoms with van der Waals surface area (Å²) in [6.45, 7) is 4.81. The van der Waals surface area contributed by atoms with Crippen LogP contribution in [0.1, 0.15) is 43.7 Å². The van der Waals surface area contributed by atoms with Crippen molar-refractivity contribution >= 4 is 29.0 Å². The van der Waals surface area contributed by atoms with Crippen molar-refractivity contribution in [3.05, 3.63) is 63.6 Å². The first-order valence-corrected chi connectivity index (χ1v) is 11.1. The first kappa shape index (κ1) is 22.9. The van der Waals surface area contributed by atoms with Crippen LogP contribution in [0.15, 0.2) is 42.5 Å². The van der Waals surface area contributed by atoms with E-state index in [4.69, 9.17) is 33.7 Å². The summed E-state index contributed by atoms with van der Waals surface area (Å²) in [5.74, 6) is 0.972. The maximum atomic E-state index is 9.74. The predicted octanol–water partition coefficient (Wildman–Crippen LogP) is 7.44. The Kier molecular flexibility index (Phi) is 7.79. The number of anilines is 1. The van der Waals surface area contributed by atoms with Gasteiger partial charge in [-0.3, -0.25) is 0 Å². The number of nitrogens with zero attached hydrogens (tertiary/aromatic N) is 2. The molecule has 160 valence electrons. The highest BCUT2D eigenvalue weighted by Gasteiger charge is 2.19. The highest BCUT2D eigenvalue weighted by Crippen LogP contribution is 2.39. The molecule has 0 aliphatic rings. The molecule has 3 aromatic rings. The molecule has 0 amide bonds. The third-order valence-corrected chi connectivity index (χ3v) is 5.72. The summed E-state index contributed by atoms with van der Waals surface area (Å²) in [6, 6.07) is 15.2. The molecular weight excluding hydrogens is 429 g/mol. The Labute approximate surface area is 193 Å². The SMILES string of the molecule is CCCCCCOc1ccc(-c2c(C)c(-c3ccc(Cl)cc3Cl)nc(N)c2C#N)cc1. The molecule has 1 heterocycles. The number of nitriles is 1. The van der Waals surface area contributed by atoms with Crippen LogP contribution in [0.5, 0.6) is 5.75 Å². The predicted molar refractivity (Wildman–Crippen MR) is 129 cm³/mol. The van der Waals surface area contributed by atoms with Crippen LogP contribution in [0.4, 0.5) is 5.82 Å². The van der Waals surface area contributed by atoms with Crippen molar-refractivity contribution in [2.45, 2.75) is 39.5 Å². The Morgan fingerprint density at radius 2 is 1.81 bits per heavy atom. The number of ether oxygens (including phenoxy) is 1. The summed E-state index contributed by atoms with van der Waals surface area (Å²) in [7, 11) is 0. The van der Waals surface area contributed by atoms with Crippen molar-refractivity contribution in [2.75, 3.05) is 12.3 Å². The molecule has 6 heteroatoms. The molecule has 2 aromatic carbocycles. The fraction of sp³-hybridized carbons (Fsp3) is 0.280. The second-order valence-electron chi connectivity index (χ2n) is 7.39. The number of unbranched alkanes of at least 4 members (excludes halogenated alkanes) is 3. The molecule has 0 unspecified atom stereocenters. The number of aromatic nitrogens is 1. The average molecular weight is 454 g/mol. The summed E-state index contributed by atoms with van der Waals surface area (Å²) in [6.07, 6.45) is 4.64. The molecule has 0 aliphatic carbocycles. The summed E-state index contributed by atoms with van der Waals surface area (Å²) in [4.78, 5) is 4.48. The van der Waals surface area contributed by atoms with E-state index in [1.807, 2.05) is 37.3 Å². The molecule has 0 spiro atoms. The summed E-state index contributed by atoms with van der Waals surface area (Å²) < 4.78 is 5.84. The van der Waals surface area contributed by atoms with Crippen LogP contribution in [-0.2, 0) is 0 Å². The van der Waals surface area contributed by atoms with Gasteiger partial charge in [0.25, 0.3) is 0 Å². The number of rotatable bonds is 8. The van der Waals surface area contributed by atoms with E-state index in [9.17, 15) is 5.26 Å². The van der Waals surface area contributed by atoms with Crippen molar-refractivity contribution in [3.8, 4) is 34.2 Å². The maximum absolute atomic E-state index is 9.74. The number of pyridine rings is 1. The monoisotopic (exact) mass is 453 g/mol. The van der Waals surface area contributed by atoms with Gasteiger partial charge >= 0.3 is 0 Å². The average Bonchev–Trinajstić information content (AvgIpc) is 2.75. The molecule has 1 aromatic heterocycles. The smallest absolute Gasteiger partial charge is 0.142 e.